The molecular formula is C6H11IO2. The summed E-state index contributed by atoms with van der Waals surface area (Å²) >= 11 is 2.27. The molecule has 0 saturated carbocycles. The molecule has 1 aliphatic rings. The molecule has 0 spiro atoms. The van der Waals surface area contributed by atoms with Crippen LogP contribution in [0.3, 0.4) is 0 Å². The van der Waals surface area contributed by atoms with E-state index in [1.165, 1.54) is 0 Å². The third-order valence-corrected chi connectivity index (χ3v) is 2.61. The first-order valence-corrected chi connectivity index (χ1v) is 4.66. The molecule has 0 aromatic rings. The minimum Gasteiger partial charge on any atom is -0.390 e. The highest BCUT2D eigenvalue weighted by atomic mass is 127. The topological polar surface area (TPSA) is 29.5 Å². The van der Waals surface area contributed by atoms with Crippen molar-refractivity contribution in [1.82, 2.24) is 0 Å². The first-order valence-electron chi connectivity index (χ1n) is 3.13. The van der Waals surface area contributed by atoms with Gasteiger partial charge in [-0.05, 0) is 6.92 Å². The van der Waals surface area contributed by atoms with E-state index in [-0.39, 0.29) is 18.3 Å². The molecule has 0 amide bonds. The fourth-order valence-corrected chi connectivity index (χ4v) is 1.58. The van der Waals surface area contributed by atoms with Crippen molar-refractivity contribution in [1.29, 1.82) is 0 Å². The average molecular weight is 242 g/mol. The van der Waals surface area contributed by atoms with Crippen LogP contribution in [0.15, 0.2) is 0 Å². The first-order chi connectivity index (χ1) is 4.24. The molecule has 1 heterocycles. The molecule has 54 valence electrons. The van der Waals surface area contributed by atoms with Crippen LogP contribution in [0.5, 0.6) is 0 Å². The number of alkyl halides is 1. The lowest BCUT2D eigenvalue weighted by molar-refractivity contribution is 0.0310. The fourth-order valence-electron chi connectivity index (χ4n) is 1.01. The van der Waals surface area contributed by atoms with Gasteiger partial charge in [0.25, 0.3) is 0 Å². The summed E-state index contributed by atoms with van der Waals surface area (Å²) in [5.74, 6) is 0. The lowest BCUT2D eigenvalue weighted by atomic mass is 10.2. The number of hydrogen-bond acceptors (Lipinski definition) is 2. The van der Waals surface area contributed by atoms with Crippen molar-refractivity contribution >= 4 is 22.6 Å². The van der Waals surface area contributed by atoms with E-state index in [1.54, 1.807) is 0 Å². The van der Waals surface area contributed by atoms with Crippen LogP contribution in [0.2, 0.25) is 0 Å². The molecule has 3 heteroatoms. The van der Waals surface area contributed by atoms with Crippen LogP contribution in [-0.4, -0.2) is 27.8 Å². The van der Waals surface area contributed by atoms with E-state index in [1.807, 2.05) is 6.92 Å². The van der Waals surface area contributed by atoms with Gasteiger partial charge in [0.15, 0.2) is 0 Å². The van der Waals surface area contributed by atoms with Crippen LogP contribution in [0.4, 0.5) is 0 Å². The molecule has 3 unspecified atom stereocenters. The summed E-state index contributed by atoms with van der Waals surface area (Å²) in [4.78, 5) is 0. The van der Waals surface area contributed by atoms with Crippen LogP contribution in [0.25, 0.3) is 0 Å². The number of hydrogen-bond donors (Lipinski definition) is 1. The molecule has 0 aromatic carbocycles. The summed E-state index contributed by atoms with van der Waals surface area (Å²) in [5.41, 5.74) is 0. The molecule has 0 bridgehead atoms. The van der Waals surface area contributed by atoms with Gasteiger partial charge < -0.3 is 9.84 Å². The standard InChI is InChI=1S/C6H11IO2/c1-4-6(8)2-5(3-7)9-4/h4-6,8H,2-3H2,1H3. The van der Waals surface area contributed by atoms with E-state index in [0.29, 0.717) is 0 Å². The van der Waals surface area contributed by atoms with Crippen molar-refractivity contribution in [2.45, 2.75) is 31.7 Å². The Bertz CT molecular complexity index is 87.1. The van der Waals surface area contributed by atoms with E-state index in [0.717, 1.165) is 10.8 Å². The molecule has 0 aromatic heterocycles. The van der Waals surface area contributed by atoms with Crippen molar-refractivity contribution < 1.29 is 9.84 Å². The van der Waals surface area contributed by atoms with Gasteiger partial charge in [0.1, 0.15) is 0 Å². The van der Waals surface area contributed by atoms with E-state index in [4.69, 9.17) is 4.74 Å². The zero-order valence-corrected chi connectivity index (χ0v) is 7.54. The van der Waals surface area contributed by atoms with Gasteiger partial charge in [0.2, 0.25) is 0 Å². The molecule has 2 nitrogen and oxygen atoms in total. The minimum atomic E-state index is -0.232. The van der Waals surface area contributed by atoms with Crippen molar-refractivity contribution in [3.05, 3.63) is 0 Å². The van der Waals surface area contributed by atoms with Crippen LogP contribution in [0.1, 0.15) is 13.3 Å². The van der Waals surface area contributed by atoms with Crippen molar-refractivity contribution in [2.24, 2.45) is 0 Å². The normalized spacial score (nSPS) is 43.7. The highest BCUT2D eigenvalue weighted by Crippen LogP contribution is 2.20. The molecule has 9 heavy (non-hydrogen) atoms. The Morgan fingerprint density at radius 3 is 2.67 bits per heavy atom. The first kappa shape index (κ1) is 7.75. The average Bonchev–Trinajstić information content (AvgIpc) is 2.13. The number of aliphatic hydroxyl groups excluding tert-OH is 1. The predicted octanol–water partition coefficient (Wildman–Crippen LogP) is 0.960. The quantitative estimate of drug-likeness (QED) is 0.548. The Labute approximate surface area is 68.7 Å². The minimum absolute atomic E-state index is 0.0461. The van der Waals surface area contributed by atoms with Crippen LogP contribution < -0.4 is 0 Å². The summed E-state index contributed by atoms with van der Waals surface area (Å²) in [5, 5.41) is 9.17. The SMILES string of the molecule is CC1OC(CI)CC1O. The van der Waals surface area contributed by atoms with Gasteiger partial charge in [0.05, 0.1) is 18.3 Å². The lowest BCUT2D eigenvalue weighted by Gasteiger charge is -2.05. The molecule has 1 N–H and O–H groups in total. The van der Waals surface area contributed by atoms with Crippen molar-refractivity contribution in [3.63, 3.8) is 0 Å². The summed E-state index contributed by atoms with van der Waals surface area (Å²) < 4.78 is 6.35. The van der Waals surface area contributed by atoms with E-state index < -0.39 is 0 Å². The smallest absolute Gasteiger partial charge is 0.0824 e. The van der Waals surface area contributed by atoms with Crippen LogP contribution in [-0.2, 0) is 4.74 Å². The van der Waals surface area contributed by atoms with Gasteiger partial charge in [-0.2, -0.15) is 0 Å². The maximum absolute atomic E-state index is 9.17. The van der Waals surface area contributed by atoms with Gasteiger partial charge in [-0.1, -0.05) is 22.6 Å². The van der Waals surface area contributed by atoms with Gasteiger partial charge in [-0.25, -0.2) is 0 Å². The summed E-state index contributed by atoms with van der Waals surface area (Å²) in [6.45, 7) is 1.91. The Morgan fingerprint density at radius 1 is 1.78 bits per heavy atom. The van der Waals surface area contributed by atoms with E-state index in [2.05, 4.69) is 22.6 Å². The van der Waals surface area contributed by atoms with Crippen molar-refractivity contribution in [3.8, 4) is 0 Å². The highest BCUT2D eigenvalue weighted by molar-refractivity contribution is 14.1. The molecule has 1 fully saturated rings. The summed E-state index contributed by atoms with van der Waals surface area (Å²) in [6.07, 6.45) is 0.912. The van der Waals surface area contributed by atoms with Crippen molar-refractivity contribution in [2.75, 3.05) is 4.43 Å². The molecule has 0 radical (unpaired) electrons. The Kier molecular flexibility index (Phi) is 2.73. The predicted molar refractivity (Wildman–Crippen MR) is 43.8 cm³/mol. The zero-order valence-electron chi connectivity index (χ0n) is 5.38. The molecule has 1 saturated heterocycles. The number of rotatable bonds is 1. The maximum Gasteiger partial charge on any atom is 0.0824 e. The molecule has 1 rings (SSSR count). The molecule has 1 aliphatic heterocycles. The third kappa shape index (κ3) is 1.78. The second-order valence-corrected chi connectivity index (χ2v) is 3.30. The number of ether oxygens (including phenoxy) is 1. The second-order valence-electron chi connectivity index (χ2n) is 2.42. The van der Waals surface area contributed by atoms with Gasteiger partial charge in [-0.3, -0.25) is 0 Å². The van der Waals surface area contributed by atoms with E-state index in [9.17, 15) is 5.11 Å². The maximum atomic E-state index is 9.17. The van der Waals surface area contributed by atoms with Crippen LogP contribution >= 0.6 is 22.6 Å². The summed E-state index contributed by atoms with van der Waals surface area (Å²) in [6, 6.07) is 0. The zero-order chi connectivity index (χ0) is 6.85. The number of halogens is 1. The number of aliphatic hydroxyl groups is 1. The second kappa shape index (κ2) is 3.16. The highest BCUT2D eigenvalue weighted by Gasteiger charge is 2.29. The summed E-state index contributed by atoms with van der Waals surface area (Å²) in [7, 11) is 0. The van der Waals surface area contributed by atoms with Gasteiger partial charge >= 0.3 is 0 Å². The molecular weight excluding hydrogens is 231 g/mol. The lowest BCUT2D eigenvalue weighted by Crippen LogP contribution is -2.15. The third-order valence-electron chi connectivity index (χ3n) is 1.63. The largest absolute Gasteiger partial charge is 0.390 e. The molecule has 3 atom stereocenters. The van der Waals surface area contributed by atoms with Gasteiger partial charge in [-0.15, -0.1) is 0 Å². The van der Waals surface area contributed by atoms with Gasteiger partial charge in [0, 0.05) is 10.8 Å². The molecule has 0 aliphatic carbocycles. The monoisotopic (exact) mass is 242 g/mol. The van der Waals surface area contributed by atoms with E-state index >= 15 is 0 Å². The Hall–Kier alpha value is 0.650. The fraction of sp³-hybridized carbons (Fsp3) is 1.00. The Balaban J connectivity index is 2.35. The van der Waals surface area contributed by atoms with Crippen LogP contribution in [0, 0.1) is 0 Å². The Morgan fingerprint density at radius 2 is 2.44 bits per heavy atom.